The number of rotatable bonds is 6. The number of hydrogen-bond acceptors (Lipinski definition) is 4. The van der Waals surface area contributed by atoms with E-state index >= 15 is 0 Å². The first-order valence-electron chi connectivity index (χ1n) is 8.95. The van der Waals surface area contributed by atoms with Crippen LogP contribution in [0.1, 0.15) is 34.7 Å². The van der Waals surface area contributed by atoms with Crippen LogP contribution in [0.15, 0.2) is 69.9 Å². The van der Waals surface area contributed by atoms with E-state index in [2.05, 4.69) is 0 Å². The number of amides is 2. The van der Waals surface area contributed by atoms with Gasteiger partial charge in [0.05, 0.1) is 25.6 Å². The standard InChI is InChI=1S/C21H20N2O4/c24-20-9-2-10-23(20)17-6-1-5-16(13-17)21(25)22(14-18-7-3-11-26-18)15-19-8-4-12-27-19/h1,3-8,11-13H,2,9-10,14-15H2. The largest absolute Gasteiger partial charge is 0.467 e. The van der Waals surface area contributed by atoms with Gasteiger partial charge >= 0.3 is 0 Å². The lowest BCUT2D eigenvalue weighted by Crippen LogP contribution is -2.30. The van der Waals surface area contributed by atoms with Crippen LogP contribution in [0, 0.1) is 0 Å². The monoisotopic (exact) mass is 364 g/mol. The maximum absolute atomic E-state index is 13.2. The molecule has 0 N–H and O–H groups in total. The Morgan fingerprint density at radius 3 is 2.26 bits per heavy atom. The van der Waals surface area contributed by atoms with Crippen molar-refractivity contribution in [2.75, 3.05) is 11.4 Å². The summed E-state index contributed by atoms with van der Waals surface area (Å²) in [6.07, 6.45) is 4.58. The van der Waals surface area contributed by atoms with Crippen molar-refractivity contribution in [2.45, 2.75) is 25.9 Å². The van der Waals surface area contributed by atoms with E-state index in [0.717, 1.165) is 12.1 Å². The molecule has 3 aromatic rings. The lowest BCUT2D eigenvalue weighted by molar-refractivity contribution is -0.117. The van der Waals surface area contributed by atoms with Gasteiger partial charge in [0.15, 0.2) is 0 Å². The van der Waals surface area contributed by atoms with Gasteiger partial charge in [0.1, 0.15) is 11.5 Å². The van der Waals surface area contributed by atoms with E-state index in [4.69, 9.17) is 8.83 Å². The second-order valence-corrected chi connectivity index (χ2v) is 6.52. The van der Waals surface area contributed by atoms with Crippen molar-refractivity contribution < 1.29 is 18.4 Å². The Morgan fingerprint density at radius 2 is 1.70 bits per heavy atom. The van der Waals surface area contributed by atoms with Gasteiger partial charge in [-0.3, -0.25) is 9.59 Å². The molecule has 4 rings (SSSR count). The van der Waals surface area contributed by atoms with Gasteiger partial charge in [-0.1, -0.05) is 6.07 Å². The third kappa shape index (κ3) is 3.79. The maximum Gasteiger partial charge on any atom is 0.254 e. The van der Waals surface area contributed by atoms with Crippen molar-refractivity contribution in [3.63, 3.8) is 0 Å². The molecule has 1 aliphatic rings. The van der Waals surface area contributed by atoms with Gasteiger partial charge in [-0.05, 0) is 48.9 Å². The molecule has 2 amide bonds. The van der Waals surface area contributed by atoms with Crippen LogP contribution in [0.4, 0.5) is 5.69 Å². The number of carbonyl (C=O) groups is 2. The van der Waals surface area contributed by atoms with Gasteiger partial charge in [-0.2, -0.15) is 0 Å². The minimum atomic E-state index is -0.142. The summed E-state index contributed by atoms with van der Waals surface area (Å²) in [4.78, 5) is 28.6. The molecule has 27 heavy (non-hydrogen) atoms. The third-order valence-electron chi connectivity index (χ3n) is 4.62. The number of hydrogen-bond donors (Lipinski definition) is 0. The summed E-state index contributed by atoms with van der Waals surface area (Å²) in [5, 5.41) is 0. The van der Waals surface area contributed by atoms with E-state index in [-0.39, 0.29) is 11.8 Å². The zero-order chi connectivity index (χ0) is 18.6. The molecule has 6 nitrogen and oxygen atoms in total. The van der Waals surface area contributed by atoms with E-state index in [1.165, 1.54) is 0 Å². The molecule has 0 spiro atoms. The van der Waals surface area contributed by atoms with Gasteiger partial charge in [0.2, 0.25) is 5.91 Å². The molecule has 1 aromatic carbocycles. The molecule has 0 aliphatic carbocycles. The quantitative estimate of drug-likeness (QED) is 0.666. The van der Waals surface area contributed by atoms with E-state index in [1.54, 1.807) is 46.6 Å². The minimum absolute atomic E-state index is 0.0997. The third-order valence-corrected chi connectivity index (χ3v) is 4.62. The number of benzene rings is 1. The van der Waals surface area contributed by atoms with Crippen molar-refractivity contribution >= 4 is 17.5 Å². The van der Waals surface area contributed by atoms with Crippen molar-refractivity contribution in [3.05, 3.63) is 78.1 Å². The molecular formula is C21H20N2O4. The minimum Gasteiger partial charge on any atom is -0.467 e. The van der Waals surface area contributed by atoms with Crippen LogP contribution in [0.2, 0.25) is 0 Å². The summed E-state index contributed by atoms with van der Waals surface area (Å²) in [6, 6.07) is 14.5. The summed E-state index contributed by atoms with van der Waals surface area (Å²) < 4.78 is 10.8. The molecule has 1 fully saturated rings. The number of nitrogens with zero attached hydrogens (tertiary/aromatic N) is 2. The van der Waals surface area contributed by atoms with E-state index in [0.29, 0.717) is 43.1 Å². The zero-order valence-electron chi connectivity index (χ0n) is 14.8. The molecule has 0 bridgehead atoms. The Hall–Kier alpha value is -3.28. The summed E-state index contributed by atoms with van der Waals surface area (Å²) in [6.45, 7) is 1.36. The summed E-state index contributed by atoms with van der Waals surface area (Å²) in [7, 11) is 0. The van der Waals surface area contributed by atoms with Gasteiger partial charge in [-0.15, -0.1) is 0 Å². The van der Waals surface area contributed by atoms with Crippen molar-refractivity contribution in [1.82, 2.24) is 4.90 Å². The molecule has 2 aromatic heterocycles. The predicted octanol–water partition coefficient (Wildman–Crippen LogP) is 3.84. The molecule has 3 heterocycles. The number of furan rings is 2. The topological polar surface area (TPSA) is 66.9 Å². The summed E-state index contributed by atoms with van der Waals surface area (Å²) >= 11 is 0. The van der Waals surface area contributed by atoms with Gasteiger partial charge in [0.25, 0.3) is 5.91 Å². The lowest BCUT2D eigenvalue weighted by Gasteiger charge is -2.22. The van der Waals surface area contributed by atoms with Crippen LogP contribution in [0.5, 0.6) is 0 Å². The Kier molecular flexibility index (Phi) is 4.78. The summed E-state index contributed by atoms with van der Waals surface area (Å²) in [5.74, 6) is 1.35. The maximum atomic E-state index is 13.2. The van der Waals surface area contributed by atoms with Crippen LogP contribution in [0.25, 0.3) is 0 Å². The van der Waals surface area contributed by atoms with E-state index in [1.807, 2.05) is 24.3 Å². The van der Waals surface area contributed by atoms with Crippen molar-refractivity contribution in [1.29, 1.82) is 0 Å². The first kappa shape index (κ1) is 17.1. The molecule has 6 heteroatoms. The highest BCUT2D eigenvalue weighted by atomic mass is 16.3. The molecule has 0 radical (unpaired) electrons. The molecule has 0 unspecified atom stereocenters. The Bertz CT molecular complexity index is 879. The first-order valence-corrected chi connectivity index (χ1v) is 8.95. The average Bonchev–Trinajstić information content (AvgIpc) is 3.44. The van der Waals surface area contributed by atoms with Crippen LogP contribution in [-0.2, 0) is 17.9 Å². The first-order chi connectivity index (χ1) is 13.2. The van der Waals surface area contributed by atoms with Gasteiger partial charge in [0, 0.05) is 24.2 Å². The molecule has 138 valence electrons. The normalized spacial score (nSPS) is 13.9. The Labute approximate surface area is 157 Å². The molecule has 0 saturated carbocycles. The summed E-state index contributed by atoms with van der Waals surface area (Å²) in [5.41, 5.74) is 1.30. The second-order valence-electron chi connectivity index (χ2n) is 6.52. The molecular weight excluding hydrogens is 344 g/mol. The lowest BCUT2D eigenvalue weighted by atomic mass is 10.1. The van der Waals surface area contributed by atoms with Gasteiger partial charge < -0.3 is 18.6 Å². The van der Waals surface area contributed by atoms with Crippen LogP contribution >= 0.6 is 0 Å². The van der Waals surface area contributed by atoms with E-state index in [9.17, 15) is 9.59 Å². The highest BCUT2D eigenvalue weighted by Crippen LogP contribution is 2.24. The zero-order valence-corrected chi connectivity index (χ0v) is 14.8. The van der Waals surface area contributed by atoms with Gasteiger partial charge in [-0.25, -0.2) is 0 Å². The average molecular weight is 364 g/mol. The fourth-order valence-corrected chi connectivity index (χ4v) is 3.29. The molecule has 1 aliphatic heterocycles. The number of carbonyl (C=O) groups excluding carboxylic acids is 2. The van der Waals surface area contributed by atoms with Crippen molar-refractivity contribution in [3.8, 4) is 0 Å². The highest BCUT2D eigenvalue weighted by Gasteiger charge is 2.24. The SMILES string of the molecule is O=C(c1cccc(N2CCCC2=O)c1)N(Cc1ccco1)Cc1ccco1. The molecule has 0 atom stereocenters. The fourth-order valence-electron chi connectivity index (χ4n) is 3.29. The van der Waals surface area contributed by atoms with E-state index < -0.39 is 0 Å². The Morgan fingerprint density at radius 1 is 1.00 bits per heavy atom. The molecule has 1 saturated heterocycles. The van der Waals surface area contributed by atoms with Crippen LogP contribution < -0.4 is 4.90 Å². The van der Waals surface area contributed by atoms with Crippen LogP contribution in [0.3, 0.4) is 0 Å². The van der Waals surface area contributed by atoms with Crippen molar-refractivity contribution in [2.24, 2.45) is 0 Å². The smallest absolute Gasteiger partial charge is 0.254 e. The number of anilines is 1. The fraction of sp³-hybridized carbons (Fsp3) is 0.238. The predicted molar refractivity (Wildman–Crippen MR) is 99.0 cm³/mol. The second kappa shape index (κ2) is 7.53. The Balaban J connectivity index is 1.59. The van der Waals surface area contributed by atoms with Crippen LogP contribution in [-0.4, -0.2) is 23.3 Å². The highest BCUT2D eigenvalue weighted by molar-refractivity contribution is 5.99.